The van der Waals surface area contributed by atoms with Gasteiger partial charge in [0.05, 0.1) is 7.11 Å². The van der Waals surface area contributed by atoms with E-state index in [0.29, 0.717) is 12.2 Å². The van der Waals surface area contributed by atoms with Gasteiger partial charge in [-0.3, -0.25) is 0 Å². The SMILES string of the molecule is C=CCc1ccccc1OCC=C(C)C(=O)OC. The minimum Gasteiger partial charge on any atom is -0.489 e. The Labute approximate surface area is 108 Å². The maximum absolute atomic E-state index is 11.2. The third-order valence-corrected chi connectivity index (χ3v) is 2.47. The van der Waals surface area contributed by atoms with Crippen molar-refractivity contribution in [3.8, 4) is 5.75 Å². The molecule has 0 spiro atoms. The maximum Gasteiger partial charge on any atom is 0.333 e. The molecular weight excluding hydrogens is 228 g/mol. The second-order valence-corrected chi connectivity index (χ2v) is 3.79. The zero-order chi connectivity index (χ0) is 13.4. The van der Waals surface area contributed by atoms with E-state index in [4.69, 9.17) is 4.74 Å². The number of hydrogen-bond acceptors (Lipinski definition) is 3. The fraction of sp³-hybridized carbons (Fsp3) is 0.267. The lowest BCUT2D eigenvalue weighted by Gasteiger charge is -2.08. The molecule has 0 heterocycles. The van der Waals surface area contributed by atoms with Crippen molar-refractivity contribution < 1.29 is 14.3 Å². The largest absolute Gasteiger partial charge is 0.489 e. The Balaban J connectivity index is 2.63. The topological polar surface area (TPSA) is 35.5 Å². The summed E-state index contributed by atoms with van der Waals surface area (Å²) < 4.78 is 10.2. The predicted octanol–water partition coefficient (Wildman–Crippen LogP) is 2.91. The zero-order valence-electron chi connectivity index (χ0n) is 10.8. The molecule has 0 aliphatic rings. The number of methoxy groups -OCH3 is 1. The van der Waals surface area contributed by atoms with Gasteiger partial charge in [-0.2, -0.15) is 0 Å². The lowest BCUT2D eigenvalue weighted by Crippen LogP contribution is -2.04. The number of para-hydroxylation sites is 1. The van der Waals surface area contributed by atoms with Crippen LogP contribution in [0.1, 0.15) is 12.5 Å². The van der Waals surface area contributed by atoms with Crippen molar-refractivity contribution >= 4 is 5.97 Å². The molecule has 1 aromatic rings. The second kappa shape index (κ2) is 7.33. The first kappa shape index (κ1) is 14.0. The summed E-state index contributed by atoms with van der Waals surface area (Å²) in [5.74, 6) is 0.476. The fourth-order valence-corrected chi connectivity index (χ4v) is 1.47. The van der Waals surface area contributed by atoms with E-state index in [1.54, 1.807) is 13.0 Å². The van der Waals surface area contributed by atoms with E-state index in [1.807, 2.05) is 30.3 Å². The van der Waals surface area contributed by atoms with Crippen LogP contribution in [-0.2, 0) is 16.0 Å². The lowest BCUT2D eigenvalue weighted by atomic mass is 10.1. The van der Waals surface area contributed by atoms with Crippen molar-refractivity contribution in [3.63, 3.8) is 0 Å². The Bertz CT molecular complexity index is 447. The van der Waals surface area contributed by atoms with Crippen LogP contribution in [-0.4, -0.2) is 19.7 Å². The summed E-state index contributed by atoms with van der Waals surface area (Å²) in [5.41, 5.74) is 1.62. The maximum atomic E-state index is 11.2. The summed E-state index contributed by atoms with van der Waals surface area (Å²) >= 11 is 0. The van der Waals surface area contributed by atoms with Crippen molar-refractivity contribution in [2.24, 2.45) is 0 Å². The summed E-state index contributed by atoms with van der Waals surface area (Å²) in [6, 6.07) is 7.77. The molecule has 1 rings (SSSR count). The van der Waals surface area contributed by atoms with Crippen LogP contribution in [0, 0.1) is 0 Å². The van der Waals surface area contributed by atoms with E-state index < -0.39 is 0 Å². The van der Waals surface area contributed by atoms with Crippen molar-refractivity contribution in [2.75, 3.05) is 13.7 Å². The fourth-order valence-electron chi connectivity index (χ4n) is 1.47. The number of esters is 1. The Morgan fingerprint density at radius 1 is 1.39 bits per heavy atom. The average Bonchev–Trinajstić information content (AvgIpc) is 2.40. The van der Waals surface area contributed by atoms with Gasteiger partial charge in [0.25, 0.3) is 0 Å². The van der Waals surface area contributed by atoms with Gasteiger partial charge in [0, 0.05) is 5.57 Å². The monoisotopic (exact) mass is 246 g/mol. The second-order valence-electron chi connectivity index (χ2n) is 3.79. The average molecular weight is 246 g/mol. The molecule has 18 heavy (non-hydrogen) atoms. The summed E-state index contributed by atoms with van der Waals surface area (Å²) in [7, 11) is 1.36. The molecule has 0 N–H and O–H groups in total. The first-order chi connectivity index (χ1) is 8.69. The van der Waals surface area contributed by atoms with Crippen LogP contribution in [0.3, 0.4) is 0 Å². The van der Waals surface area contributed by atoms with Gasteiger partial charge >= 0.3 is 5.97 Å². The summed E-state index contributed by atoms with van der Waals surface area (Å²) in [4.78, 5) is 11.2. The van der Waals surface area contributed by atoms with Gasteiger partial charge in [-0.15, -0.1) is 6.58 Å². The minimum atomic E-state index is -0.335. The number of ether oxygens (including phenoxy) is 2. The Morgan fingerprint density at radius 2 is 2.11 bits per heavy atom. The third kappa shape index (κ3) is 4.09. The number of allylic oxidation sites excluding steroid dienone is 1. The lowest BCUT2D eigenvalue weighted by molar-refractivity contribution is -0.136. The number of carbonyl (C=O) groups is 1. The molecule has 0 saturated carbocycles. The molecule has 0 aromatic heterocycles. The number of carbonyl (C=O) groups excluding carboxylic acids is 1. The van der Waals surface area contributed by atoms with Crippen molar-refractivity contribution in [3.05, 3.63) is 54.1 Å². The highest BCUT2D eigenvalue weighted by Crippen LogP contribution is 2.18. The van der Waals surface area contributed by atoms with Crippen LogP contribution in [0.15, 0.2) is 48.6 Å². The molecule has 0 radical (unpaired) electrons. The molecule has 0 saturated heterocycles. The Hall–Kier alpha value is -2.03. The Kier molecular flexibility index (Phi) is 5.71. The van der Waals surface area contributed by atoms with Crippen molar-refractivity contribution in [1.29, 1.82) is 0 Å². The number of rotatable bonds is 6. The van der Waals surface area contributed by atoms with Crippen LogP contribution >= 0.6 is 0 Å². The third-order valence-electron chi connectivity index (χ3n) is 2.47. The number of hydrogen-bond donors (Lipinski definition) is 0. The van der Waals surface area contributed by atoms with Gasteiger partial charge < -0.3 is 9.47 Å². The van der Waals surface area contributed by atoms with Crippen LogP contribution in [0.2, 0.25) is 0 Å². The first-order valence-corrected chi connectivity index (χ1v) is 5.75. The van der Waals surface area contributed by atoms with Gasteiger partial charge in [-0.25, -0.2) is 4.79 Å². The molecule has 96 valence electrons. The molecule has 0 atom stereocenters. The highest BCUT2D eigenvalue weighted by atomic mass is 16.5. The Morgan fingerprint density at radius 3 is 2.78 bits per heavy atom. The molecule has 0 amide bonds. The molecule has 0 bridgehead atoms. The standard InChI is InChI=1S/C15H18O3/c1-4-7-13-8-5-6-9-14(13)18-11-10-12(2)15(16)17-3/h4-6,8-10H,1,7,11H2,2-3H3. The predicted molar refractivity (Wildman–Crippen MR) is 71.6 cm³/mol. The molecule has 0 aliphatic carbocycles. The minimum absolute atomic E-state index is 0.335. The van der Waals surface area contributed by atoms with Gasteiger partial charge in [0.1, 0.15) is 12.4 Å². The van der Waals surface area contributed by atoms with Crippen LogP contribution in [0.5, 0.6) is 5.75 Å². The molecular formula is C15H18O3. The molecule has 0 unspecified atom stereocenters. The van der Waals surface area contributed by atoms with Crippen LogP contribution in [0.25, 0.3) is 0 Å². The van der Waals surface area contributed by atoms with E-state index in [2.05, 4.69) is 11.3 Å². The smallest absolute Gasteiger partial charge is 0.333 e. The van der Waals surface area contributed by atoms with E-state index in [1.165, 1.54) is 7.11 Å². The highest BCUT2D eigenvalue weighted by Gasteiger charge is 2.03. The van der Waals surface area contributed by atoms with Gasteiger partial charge in [-0.05, 0) is 31.1 Å². The quantitative estimate of drug-likeness (QED) is 0.440. The number of benzene rings is 1. The molecule has 3 nitrogen and oxygen atoms in total. The summed E-state index contributed by atoms with van der Waals surface area (Å²) in [6.45, 7) is 5.75. The van der Waals surface area contributed by atoms with E-state index in [-0.39, 0.29) is 5.97 Å². The van der Waals surface area contributed by atoms with Gasteiger partial charge in [0.15, 0.2) is 0 Å². The highest BCUT2D eigenvalue weighted by molar-refractivity contribution is 5.87. The van der Waals surface area contributed by atoms with Gasteiger partial charge in [-0.1, -0.05) is 24.3 Å². The van der Waals surface area contributed by atoms with Crippen molar-refractivity contribution in [1.82, 2.24) is 0 Å². The molecule has 0 aliphatic heterocycles. The van der Waals surface area contributed by atoms with E-state index in [0.717, 1.165) is 17.7 Å². The zero-order valence-corrected chi connectivity index (χ0v) is 10.8. The molecule has 1 aromatic carbocycles. The first-order valence-electron chi connectivity index (χ1n) is 5.75. The van der Waals surface area contributed by atoms with Crippen LogP contribution < -0.4 is 4.74 Å². The molecule has 0 fully saturated rings. The summed E-state index contributed by atoms with van der Waals surface area (Å²) in [6.07, 6.45) is 4.30. The summed E-state index contributed by atoms with van der Waals surface area (Å²) in [5, 5.41) is 0. The van der Waals surface area contributed by atoms with Gasteiger partial charge in [0.2, 0.25) is 0 Å². The van der Waals surface area contributed by atoms with E-state index >= 15 is 0 Å². The van der Waals surface area contributed by atoms with Crippen molar-refractivity contribution in [2.45, 2.75) is 13.3 Å². The van der Waals surface area contributed by atoms with Crippen LogP contribution in [0.4, 0.5) is 0 Å². The normalized spacial score (nSPS) is 10.9. The molecule has 3 heteroatoms. The van der Waals surface area contributed by atoms with E-state index in [9.17, 15) is 4.79 Å².